The minimum absolute atomic E-state index is 0.0365. The van der Waals surface area contributed by atoms with E-state index in [1.165, 1.54) is 0 Å². The molecule has 4 nitrogen and oxygen atoms in total. The van der Waals surface area contributed by atoms with Crippen molar-refractivity contribution in [3.63, 3.8) is 0 Å². The Kier molecular flexibility index (Phi) is 5.32. The third kappa shape index (κ3) is 3.75. The van der Waals surface area contributed by atoms with Crippen molar-refractivity contribution < 1.29 is 14.7 Å². The summed E-state index contributed by atoms with van der Waals surface area (Å²) < 4.78 is 0. The number of thiophene rings is 1. The summed E-state index contributed by atoms with van der Waals surface area (Å²) in [7, 11) is 0. The lowest BCUT2D eigenvalue weighted by molar-refractivity contribution is 0.0699. The van der Waals surface area contributed by atoms with Gasteiger partial charge in [0.05, 0.1) is 10.6 Å². The molecule has 0 spiro atoms. The van der Waals surface area contributed by atoms with Gasteiger partial charge in [0, 0.05) is 16.0 Å². The van der Waals surface area contributed by atoms with Crippen LogP contribution in [0.25, 0.3) is 11.1 Å². The zero-order chi connectivity index (χ0) is 18.8. The maximum absolute atomic E-state index is 12.6. The zero-order valence-electron chi connectivity index (χ0n) is 13.5. The van der Waals surface area contributed by atoms with E-state index in [-0.39, 0.29) is 10.6 Å². The number of aryl methyl sites for hydroxylation is 1. The number of benzene rings is 2. The summed E-state index contributed by atoms with van der Waals surface area (Å²) in [5.74, 6) is -1.58. The predicted molar refractivity (Wildman–Crippen MR) is 106 cm³/mol. The van der Waals surface area contributed by atoms with Crippen LogP contribution in [0.5, 0.6) is 0 Å². The average Bonchev–Trinajstić information content (AvgIpc) is 3.01. The molecule has 1 aromatic heterocycles. The molecule has 3 aromatic rings. The van der Waals surface area contributed by atoms with Crippen LogP contribution in [0, 0.1) is 6.92 Å². The van der Waals surface area contributed by atoms with E-state index >= 15 is 0 Å². The maximum atomic E-state index is 12.6. The molecule has 7 heteroatoms. The van der Waals surface area contributed by atoms with Gasteiger partial charge in [-0.1, -0.05) is 47.0 Å². The van der Waals surface area contributed by atoms with Crippen LogP contribution in [0.3, 0.4) is 0 Å². The van der Waals surface area contributed by atoms with Crippen LogP contribution in [0.4, 0.5) is 5.00 Å². The van der Waals surface area contributed by atoms with Crippen LogP contribution in [-0.2, 0) is 0 Å². The van der Waals surface area contributed by atoms with Crippen molar-refractivity contribution in [2.24, 2.45) is 0 Å². The molecule has 132 valence electrons. The monoisotopic (exact) mass is 405 g/mol. The molecule has 0 aliphatic rings. The number of hydrogen-bond donors (Lipinski definition) is 2. The van der Waals surface area contributed by atoms with Gasteiger partial charge in [-0.25, -0.2) is 4.79 Å². The summed E-state index contributed by atoms with van der Waals surface area (Å²) in [6.45, 7) is 1.85. The molecule has 2 aromatic carbocycles. The molecule has 26 heavy (non-hydrogen) atoms. The summed E-state index contributed by atoms with van der Waals surface area (Å²) in [6, 6.07) is 11.9. The maximum Gasteiger partial charge on any atom is 0.339 e. The minimum atomic E-state index is -1.12. The Morgan fingerprint density at radius 3 is 2.42 bits per heavy atom. The number of carboxylic acid groups (broad SMARTS) is 1. The molecule has 3 rings (SSSR count). The number of nitrogens with one attached hydrogen (secondary N) is 1. The van der Waals surface area contributed by atoms with Crippen LogP contribution >= 0.6 is 34.5 Å². The van der Waals surface area contributed by atoms with Crippen molar-refractivity contribution in [3.05, 3.63) is 74.6 Å². The van der Waals surface area contributed by atoms with Crippen LogP contribution < -0.4 is 5.32 Å². The van der Waals surface area contributed by atoms with E-state index in [1.54, 1.807) is 47.8 Å². The molecular weight excluding hydrogens is 393 g/mol. The van der Waals surface area contributed by atoms with Gasteiger partial charge in [-0.3, -0.25) is 4.79 Å². The lowest BCUT2D eigenvalue weighted by Crippen LogP contribution is -2.14. The molecule has 0 saturated carbocycles. The summed E-state index contributed by atoms with van der Waals surface area (Å²) in [4.78, 5) is 24.3. The molecule has 2 N–H and O–H groups in total. The number of anilines is 1. The van der Waals surface area contributed by atoms with Gasteiger partial charge in [-0.15, -0.1) is 11.3 Å². The highest BCUT2D eigenvalue weighted by Gasteiger charge is 2.22. The third-order valence-corrected chi connectivity index (χ3v) is 5.23. The van der Waals surface area contributed by atoms with Gasteiger partial charge < -0.3 is 10.4 Å². The van der Waals surface area contributed by atoms with E-state index in [0.29, 0.717) is 26.7 Å². The zero-order valence-corrected chi connectivity index (χ0v) is 15.9. The number of rotatable bonds is 4. The fraction of sp³-hybridized carbons (Fsp3) is 0.0526. The van der Waals surface area contributed by atoms with Crippen molar-refractivity contribution in [1.82, 2.24) is 0 Å². The molecular formula is C19H13Cl2NO3S. The second kappa shape index (κ2) is 7.50. The molecule has 0 aliphatic carbocycles. The Labute approximate surface area is 164 Å². The number of carboxylic acids is 1. The lowest BCUT2D eigenvalue weighted by Gasteiger charge is -2.08. The van der Waals surface area contributed by atoms with Crippen molar-refractivity contribution in [1.29, 1.82) is 0 Å². The summed E-state index contributed by atoms with van der Waals surface area (Å²) >= 11 is 13.1. The highest BCUT2D eigenvalue weighted by molar-refractivity contribution is 7.15. The van der Waals surface area contributed by atoms with Gasteiger partial charge in [0.2, 0.25) is 0 Å². The number of hydrogen-bond acceptors (Lipinski definition) is 3. The lowest BCUT2D eigenvalue weighted by atomic mass is 10.0. The van der Waals surface area contributed by atoms with Gasteiger partial charge >= 0.3 is 5.97 Å². The van der Waals surface area contributed by atoms with Gasteiger partial charge in [0.1, 0.15) is 10.6 Å². The first kappa shape index (κ1) is 18.5. The summed E-state index contributed by atoms with van der Waals surface area (Å²) in [6.07, 6.45) is 0. The SMILES string of the molecule is Cc1ccc(Cl)c(C(=O)Nc2scc(-c3ccc(Cl)cc3)c2C(=O)O)c1. The molecule has 1 heterocycles. The van der Waals surface area contributed by atoms with E-state index in [2.05, 4.69) is 5.32 Å². The van der Waals surface area contributed by atoms with Crippen LogP contribution in [0.1, 0.15) is 26.3 Å². The molecule has 0 unspecified atom stereocenters. The first-order chi connectivity index (χ1) is 12.4. The fourth-order valence-electron chi connectivity index (χ4n) is 2.49. The number of carbonyl (C=O) groups is 2. The summed E-state index contributed by atoms with van der Waals surface area (Å²) in [5.41, 5.74) is 2.44. The van der Waals surface area contributed by atoms with E-state index in [1.807, 2.05) is 6.92 Å². The Morgan fingerprint density at radius 1 is 1.08 bits per heavy atom. The topological polar surface area (TPSA) is 66.4 Å². The Balaban J connectivity index is 1.98. The number of amides is 1. The third-order valence-electron chi connectivity index (χ3n) is 3.75. The second-order valence-corrected chi connectivity index (χ2v) is 7.33. The first-order valence-corrected chi connectivity index (χ1v) is 9.18. The number of carbonyl (C=O) groups excluding carboxylic acids is 1. The largest absolute Gasteiger partial charge is 0.478 e. The highest BCUT2D eigenvalue weighted by Crippen LogP contribution is 2.36. The van der Waals surface area contributed by atoms with Crippen LogP contribution in [0.15, 0.2) is 47.8 Å². The minimum Gasteiger partial charge on any atom is -0.478 e. The Bertz CT molecular complexity index is 997. The Morgan fingerprint density at radius 2 is 1.77 bits per heavy atom. The van der Waals surface area contributed by atoms with Gasteiger partial charge in [0.15, 0.2) is 0 Å². The number of aromatic carboxylic acids is 1. The molecule has 0 atom stereocenters. The van der Waals surface area contributed by atoms with Gasteiger partial charge in [-0.05, 0) is 36.8 Å². The van der Waals surface area contributed by atoms with E-state index in [9.17, 15) is 14.7 Å². The van der Waals surface area contributed by atoms with Gasteiger partial charge in [-0.2, -0.15) is 0 Å². The van der Waals surface area contributed by atoms with Crippen molar-refractivity contribution in [2.45, 2.75) is 6.92 Å². The quantitative estimate of drug-likeness (QED) is 0.560. The average molecular weight is 406 g/mol. The molecule has 0 radical (unpaired) electrons. The molecule has 0 aliphatic heterocycles. The van der Waals surface area contributed by atoms with E-state index < -0.39 is 11.9 Å². The van der Waals surface area contributed by atoms with Crippen molar-refractivity contribution in [3.8, 4) is 11.1 Å². The van der Waals surface area contributed by atoms with E-state index in [4.69, 9.17) is 23.2 Å². The number of halogens is 2. The molecule has 0 bridgehead atoms. The second-order valence-electron chi connectivity index (χ2n) is 5.60. The van der Waals surface area contributed by atoms with E-state index in [0.717, 1.165) is 16.9 Å². The summed E-state index contributed by atoms with van der Waals surface area (Å²) in [5, 5.41) is 15.1. The first-order valence-electron chi connectivity index (χ1n) is 7.55. The molecule has 0 saturated heterocycles. The normalized spacial score (nSPS) is 10.6. The Hall–Kier alpha value is -2.34. The van der Waals surface area contributed by atoms with Crippen LogP contribution in [-0.4, -0.2) is 17.0 Å². The highest BCUT2D eigenvalue weighted by atomic mass is 35.5. The smallest absolute Gasteiger partial charge is 0.339 e. The molecule has 1 amide bonds. The van der Waals surface area contributed by atoms with Crippen LogP contribution in [0.2, 0.25) is 10.0 Å². The fourth-order valence-corrected chi connectivity index (χ4v) is 3.77. The van der Waals surface area contributed by atoms with Crippen molar-refractivity contribution in [2.75, 3.05) is 5.32 Å². The standard InChI is InChI=1S/C19H13Cl2NO3S/c1-10-2-7-15(21)13(8-10)17(23)22-18-16(19(24)25)14(9-26-18)11-3-5-12(20)6-4-11/h2-9H,1H3,(H,22,23)(H,24,25). The van der Waals surface area contributed by atoms with Gasteiger partial charge in [0.25, 0.3) is 5.91 Å². The predicted octanol–water partition coefficient (Wildman–Crippen LogP) is 5.98. The van der Waals surface area contributed by atoms with Crippen molar-refractivity contribution >= 4 is 51.4 Å². The molecule has 0 fully saturated rings.